The summed E-state index contributed by atoms with van der Waals surface area (Å²) < 4.78 is 5.77. The maximum absolute atomic E-state index is 12.2. The first-order valence-electron chi connectivity index (χ1n) is 8.41. The Hall–Kier alpha value is -2.68. The second-order valence-electron chi connectivity index (χ2n) is 6.12. The van der Waals surface area contributed by atoms with Crippen molar-refractivity contribution in [3.05, 3.63) is 71.3 Å². The molecule has 0 aliphatic carbocycles. The zero-order valence-corrected chi connectivity index (χ0v) is 14.0. The minimum atomic E-state index is -0.180. The Labute approximate surface area is 147 Å². The molecule has 1 aliphatic heterocycles. The molecule has 25 heavy (non-hydrogen) atoms. The molecule has 2 aromatic rings. The van der Waals surface area contributed by atoms with Crippen molar-refractivity contribution in [2.45, 2.75) is 12.6 Å². The number of morpholine rings is 1. The summed E-state index contributed by atoms with van der Waals surface area (Å²) in [6, 6.07) is 19.1. The first-order valence-corrected chi connectivity index (χ1v) is 8.41. The van der Waals surface area contributed by atoms with Gasteiger partial charge in [-0.15, -0.1) is 0 Å². The van der Waals surface area contributed by atoms with E-state index < -0.39 is 0 Å². The van der Waals surface area contributed by atoms with Gasteiger partial charge in [0.25, 0.3) is 5.91 Å². The Bertz CT molecular complexity index is 755. The molecule has 1 atom stereocenters. The van der Waals surface area contributed by atoms with Gasteiger partial charge in [0.05, 0.1) is 24.3 Å². The van der Waals surface area contributed by atoms with E-state index in [1.165, 1.54) is 5.56 Å². The standard InChI is InChI=1S/C20H21N3O2/c21-12-17-7-4-8-18(11-17)20(24)22-13-19-15-23(9-10-25-19)14-16-5-2-1-3-6-16/h1-8,11,19H,9-10,13-15H2,(H,22,24). The third-order valence-electron chi connectivity index (χ3n) is 4.22. The van der Waals surface area contributed by atoms with Crippen molar-refractivity contribution in [2.24, 2.45) is 0 Å². The zero-order valence-electron chi connectivity index (χ0n) is 14.0. The number of nitrogens with zero attached hydrogens (tertiary/aromatic N) is 2. The smallest absolute Gasteiger partial charge is 0.251 e. The van der Waals surface area contributed by atoms with Gasteiger partial charge in [0.1, 0.15) is 0 Å². The molecule has 0 bridgehead atoms. The Balaban J connectivity index is 1.51. The van der Waals surface area contributed by atoms with Gasteiger partial charge in [0, 0.05) is 31.7 Å². The lowest BCUT2D eigenvalue weighted by molar-refractivity contribution is -0.0292. The molecule has 1 saturated heterocycles. The monoisotopic (exact) mass is 335 g/mol. The molecule has 1 unspecified atom stereocenters. The Morgan fingerprint density at radius 1 is 1.24 bits per heavy atom. The molecule has 3 rings (SSSR count). The number of nitrogens with one attached hydrogen (secondary N) is 1. The molecule has 128 valence electrons. The summed E-state index contributed by atoms with van der Waals surface area (Å²) in [6.07, 6.45) is -0.0273. The number of amides is 1. The summed E-state index contributed by atoms with van der Waals surface area (Å²) in [6.45, 7) is 3.69. The van der Waals surface area contributed by atoms with Crippen LogP contribution in [0.15, 0.2) is 54.6 Å². The molecule has 5 nitrogen and oxygen atoms in total. The average molecular weight is 335 g/mol. The van der Waals surface area contributed by atoms with E-state index in [9.17, 15) is 4.79 Å². The van der Waals surface area contributed by atoms with Gasteiger partial charge in [-0.3, -0.25) is 9.69 Å². The molecular formula is C20H21N3O2. The molecule has 1 aliphatic rings. The lowest BCUT2D eigenvalue weighted by Crippen LogP contribution is -2.47. The molecule has 1 N–H and O–H groups in total. The molecule has 0 saturated carbocycles. The van der Waals surface area contributed by atoms with Gasteiger partial charge in [-0.1, -0.05) is 36.4 Å². The van der Waals surface area contributed by atoms with Crippen LogP contribution >= 0.6 is 0 Å². The van der Waals surface area contributed by atoms with E-state index in [4.69, 9.17) is 10.00 Å². The number of carbonyl (C=O) groups is 1. The van der Waals surface area contributed by atoms with Crippen LogP contribution in [0.5, 0.6) is 0 Å². The Morgan fingerprint density at radius 3 is 2.88 bits per heavy atom. The largest absolute Gasteiger partial charge is 0.374 e. The first kappa shape index (κ1) is 17.2. The normalized spacial score (nSPS) is 17.6. The van der Waals surface area contributed by atoms with Gasteiger partial charge in [-0.2, -0.15) is 5.26 Å². The Kier molecular flexibility index (Phi) is 5.78. The van der Waals surface area contributed by atoms with E-state index in [-0.39, 0.29) is 12.0 Å². The predicted molar refractivity (Wildman–Crippen MR) is 94.9 cm³/mol. The van der Waals surface area contributed by atoms with Gasteiger partial charge in [-0.25, -0.2) is 0 Å². The fourth-order valence-corrected chi connectivity index (χ4v) is 2.93. The van der Waals surface area contributed by atoms with Crippen molar-refractivity contribution in [2.75, 3.05) is 26.2 Å². The van der Waals surface area contributed by atoms with Crippen molar-refractivity contribution >= 4 is 5.91 Å². The van der Waals surface area contributed by atoms with Crippen molar-refractivity contribution in [1.82, 2.24) is 10.2 Å². The fourth-order valence-electron chi connectivity index (χ4n) is 2.93. The highest BCUT2D eigenvalue weighted by atomic mass is 16.5. The summed E-state index contributed by atoms with van der Waals surface area (Å²) in [5, 5.41) is 11.8. The number of hydrogen-bond acceptors (Lipinski definition) is 4. The molecule has 5 heteroatoms. The average Bonchev–Trinajstić information content (AvgIpc) is 2.67. The third kappa shape index (κ3) is 4.90. The third-order valence-corrected chi connectivity index (χ3v) is 4.22. The van der Waals surface area contributed by atoms with Crippen molar-refractivity contribution < 1.29 is 9.53 Å². The number of rotatable bonds is 5. The molecule has 1 amide bonds. The predicted octanol–water partition coefficient (Wildman–Crippen LogP) is 2.19. The highest BCUT2D eigenvalue weighted by Gasteiger charge is 2.21. The van der Waals surface area contributed by atoms with Gasteiger partial charge < -0.3 is 10.1 Å². The van der Waals surface area contributed by atoms with E-state index in [1.807, 2.05) is 24.3 Å². The van der Waals surface area contributed by atoms with Crippen molar-refractivity contribution in [1.29, 1.82) is 5.26 Å². The van der Waals surface area contributed by atoms with Crippen LogP contribution < -0.4 is 5.32 Å². The molecule has 1 heterocycles. The van der Waals surface area contributed by atoms with Crippen LogP contribution in [0, 0.1) is 11.3 Å². The van der Waals surface area contributed by atoms with Crippen molar-refractivity contribution in [3.63, 3.8) is 0 Å². The maximum Gasteiger partial charge on any atom is 0.251 e. The fraction of sp³-hybridized carbons (Fsp3) is 0.300. The van der Waals surface area contributed by atoms with Crippen LogP contribution in [-0.4, -0.2) is 43.2 Å². The van der Waals surface area contributed by atoms with Crippen LogP contribution in [0.2, 0.25) is 0 Å². The van der Waals surface area contributed by atoms with Gasteiger partial charge in [-0.05, 0) is 23.8 Å². The Morgan fingerprint density at radius 2 is 2.08 bits per heavy atom. The quantitative estimate of drug-likeness (QED) is 0.910. The SMILES string of the molecule is N#Cc1cccc(C(=O)NCC2CN(Cc3ccccc3)CCO2)c1. The summed E-state index contributed by atoms with van der Waals surface area (Å²) in [5.41, 5.74) is 2.26. The molecule has 0 radical (unpaired) electrons. The van der Waals surface area contributed by atoms with Crippen LogP contribution in [-0.2, 0) is 11.3 Å². The number of carbonyl (C=O) groups excluding carboxylic acids is 1. The van der Waals surface area contributed by atoms with Crippen LogP contribution in [0.25, 0.3) is 0 Å². The van der Waals surface area contributed by atoms with Gasteiger partial charge in [0.2, 0.25) is 0 Å². The summed E-state index contributed by atoms with van der Waals surface area (Å²) >= 11 is 0. The van der Waals surface area contributed by atoms with E-state index in [0.29, 0.717) is 24.3 Å². The van der Waals surface area contributed by atoms with E-state index in [0.717, 1.165) is 19.6 Å². The number of benzene rings is 2. The molecule has 0 aromatic heterocycles. The molecule has 1 fully saturated rings. The van der Waals surface area contributed by atoms with E-state index in [1.54, 1.807) is 24.3 Å². The minimum Gasteiger partial charge on any atom is -0.374 e. The second-order valence-corrected chi connectivity index (χ2v) is 6.12. The second kappa shape index (κ2) is 8.43. The lowest BCUT2D eigenvalue weighted by atomic mass is 10.1. The molecule has 2 aromatic carbocycles. The van der Waals surface area contributed by atoms with Crippen molar-refractivity contribution in [3.8, 4) is 6.07 Å². The number of nitriles is 1. The summed E-state index contributed by atoms with van der Waals surface area (Å²) in [4.78, 5) is 14.6. The maximum atomic E-state index is 12.2. The zero-order chi connectivity index (χ0) is 17.5. The van der Waals surface area contributed by atoms with Crippen LogP contribution in [0.1, 0.15) is 21.5 Å². The van der Waals surface area contributed by atoms with Crippen LogP contribution in [0.3, 0.4) is 0 Å². The molecule has 0 spiro atoms. The lowest BCUT2D eigenvalue weighted by Gasteiger charge is -2.33. The summed E-state index contributed by atoms with van der Waals surface area (Å²) in [5.74, 6) is -0.180. The molecular weight excluding hydrogens is 314 g/mol. The summed E-state index contributed by atoms with van der Waals surface area (Å²) in [7, 11) is 0. The van der Waals surface area contributed by atoms with Gasteiger partial charge in [0.15, 0.2) is 0 Å². The van der Waals surface area contributed by atoms with E-state index in [2.05, 4.69) is 22.3 Å². The van der Waals surface area contributed by atoms with Gasteiger partial charge >= 0.3 is 0 Å². The van der Waals surface area contributed by atoms with Crippen LogP contribution in [0.4, 0.5) is 0 Å². The number of ether oxygens (including phenoxy) is 1. The highest BCUT2D eigenvalue weighted by molar-refractivity contribution is 5.94. The topological polar surface area (TPSA) is 65.4 Å². The first-order chi connectivity index (χ1) is 12.2. The minimum absolute atomic E-state index is 0.0273. The number of hydrogen-bond donors (Lipinski definition) is 1. The highest BCUT2D eigenvalue weighted by Crippen LogP contribution is 2.10. The van der Waals surface area contributed by atoms with E-state index >= 15 is 0 Å².